The van der Waals surface area contributed by atoms with E-state index in [9.17, 15) is 4.79 Å². The van der Waals surface area contributed by atoms with Gasteiger partial charge in [-0.2, -0.15) is 0 Å². The number of halogens is 2. The smallest absolute Gasteiger partial charge is 0.258 e. The highest BCUT2D eigenvalue weighted by Crippen LogP contribution is 2.39. The van der Waals surface area contributed by atoms with Crippen LogP contribution in [0.5, 0.6) is 0 Å². The van der Waals surface area contributed by atoms with Gasteiger partial charge in [-0.3, -0.25) is 8.80 Å². The average Bonchev–Trinajstić information content (AvgIpc) is 3.12. The first-order valence-corrected chi connectivity index (χ1v) is 7.58. The van der Waals surface area contributed by atoms with E-state index in [1.165, 1.54) is 0 Å². The SMILES string of the molecule is O=c1n2c3ccccc3c(Cl)c2c2c(Cl)c3ccccc3n12. The Kier molecular flexibility index (Phi) is 2.21. The molecule has 22 heavy (non-hydrogen) atoms. The van der Waals surface area contributed by atoms with Crippen LogP contribution < -0.4 is 5.69 Å². The fourth-order valence-corrected chi connectivity index (χ4v) is 3.99. The molecule has 0 unspecified atom stereocenters. The van der Waals surface area contributed by atoms with Crippen molar-refractivity contribution in [3.05, 3.63) is 69.1 Å². The summed E-state index contributed by atoms with van der Waals surface area (Å²) in [6, 6.07) is 15.2. The van der Waals surface area contributed by atoms with Crippen molar-refractivity contribution in [1.29, 1.82) is 0 Å². The van der Waals surface area contributed by atoms with Gasteiger partial charge in [0.05, 0.1) is 32.1 Å². The second-order valence-corrected chi connectivity index (χ2v) is 6.07. The number of fused-ring (bicyclic) bond motifs is 7. The van der Waals surface area contributed by atoms with E-state index in [-0.39, 0.29) is 5.69 Å². The van der Waals surface area contributed by atoms with Gasteiger partial charge < -0.3 is 0 Å². The lowest BCUT2D eigenvalue weighted by atomic mass is 10.2. The fraction of sp³-hybridized carbons (Fsp3) is 0. The van der Waals surface area contributed by atoms with Crippen LogP contribution in [0.2, 0.25) is 10.0 Å². The van der Waals surface area contributed by atoms with Gasteiger partial charge in [0.15, 0.2) is 0 Å². The Morgan fingerprint density at radius 3 is 1.55 bits per heavy atom. The van der Waals surface area contributed by atoms with E-state index >= 15 is 0 Å². The molecule has 106 valence electrons. The normalized spacial score (nSPS) is 12.3. The lowest BCUT2D eigenvalue weighted by Crippen LogP contribution is -2.13. The van der Waals surface area contributed by atoms with Crippen LogP contribution in [0.25, 0.3) is 32.8 Å². The van der Waals surface area contributed by atoms with Gasteiger partial charge in [-0.05, 0) is 12.1 Å². The third-order valence-corrected chi connectivity index (χ3v) is 5.00. The quantitative estimate of drug-likeness (QED) is 0.408. The molecule has 3 heterocycles. The molecule has 3 nitrogen and oxygen atoms in total. The molecule has 0 saturated carbocycles. The molecule has 0 radical (unpaired) electrons. The van der Waals surface area contributed by atoms with Crippen molar-refractivity contribution in [1.82, 2.24) is 8.80 Å². The molecule has 3 aromatic heterocycles. The van der Waals surface area contributed by atoms with Crippen LogP contribution in [-0.4, -0.2) is 8.80 Å². The van der Waals surface area contributed by atoms with Crippen LogP contribution in [0.1, 0.15) is 0 Å². The summed E-state index contributed by atoms with van der Waals surface area (Å²) in [5, 5.41) is 2.85. The molecule has 5 aromatic rings. The lowest BCUT2D eigenvalue weighted by molar-refractivity contribution is 1.06. The molecule has 2 aromatic carbocycles. The van der Waals surface area contributed by atoms with Crippen molar-refractivity contribution in [2.45, 2.75) is 0 Å². The first-order chi connectivity index (χ1) is 10.7. The van der Waals surface area contributed by atoms with Gasteiger partial charge in [-0.25, -0.2) is 4.79 Å². The third-order valence-electron chi connectivity index (χ3n) is 4.23. The van der Waals surface area contributed by atoms with Crippen LogP contribution in [0.4, 0.5) is 0 Å². The van der Waals surface area contributed by atoms with E-state index in [1.807, 2.05) is 48.5 Å². The highest BCUT2D eigenvalue weighted by atomic mass is 35.5. The summed E-state index contributed by atoms with van der Waals surface area (Å²) in [6.07, 6.45) is 0. The van der Waals surface area contributed by atoms with Gasteiger partial charge in [0.1, 0.15) is 0 Å². The van der Waals surface area contributed by atoms with Gasteiger partial charge in [-0.15, -0.1) is 0 Å². The van der Waals surface area contributed by atoms with Gasteiger partial charge in [0.2, 0.25) is 0 Å². The number of hydrogen-bond donors (Lipinski definition) is 0. The number of aromatic nitrogens is 2. The van der Waals surface area contributed by atoms with Crippen molar-refractivity contribution in [3.63, 3.8) is 0 Å². The zero-order valence-corrected chi connectivity index (χ0v) is 12.7. The maximum atomic E-state index is 13.0. The van der Waals surface area contributed by atoms with Gasteiger partial charge in [-0.1, -0.05) is 59.6 Å². The molecule has 0 aliphatic rings. The zero-order valence-electron chi connectivity index (χ0n) is 11.2. The minimum absolute atomic E-state index is 0.142. The van der Waals surface area contributed by atoms with Crippen LogP contribution in [0.3, 0.4) is 0 Å². The fourth-order valence-electron chi connectivity index (χ4n) is 3.32. The Morgan fingerprint density at radius 1 is 0.682 bits per heavy atom. The number of nitrogens with zero attached hydrogens (tertiary/aromatic N) is 2. The third kappa shape index (κ3) is 1.23. The number of para-hydroxylation sites is 2. The molecule has 0 spiro atoms. The number of hydrogen-bond acceptors (Lipinski definition) is 1. The standard InChI is InChI=1S/C17H8Cl2N2O/c18-13-9-5-1-3-7-11(9)20-15(13)16-14(19)10-6-2-4-8-12(10)21(16)17(20)22/h1-8H. The first kappa shape index (κ1) is 12.3. The molecule has 0 fully saturated rings. The Labute approximate surface area is 134 Å². The topological polar surface area (TPSA) is 25.9 Å². The maximum Gasteiger partial charge on any atom is 0.338 e. The lowest BCUT2D eigenvalue weighted by Gasteiger charge is -1.92. The van der Waals surface area contributed by atoms with Gasteiger partial charge in [0, 0.05) is 10.8 Å². The van der Waals surface area contributed by atoms with Crippen molar-refractivity contribution in [2.75, 3.05) is 0 Å². The number of rotatable bonds is 0. The molecule has 0 saturated heterocycles. The largest absolute Gasteiger partial charge is 0.338 e. The highest BCUT2D eigenvalue weighted by molar-refractivity contribution is 6.44. The zero-order chi connectivity index (χ0) is 15.0. The first-order valence-electron chi connectivity index (χ1n) is 6.83. The number of benzene rings is 2. The average molecular weight is 327 g/mol. The Balaban J connectivity index is 2.25. The minimum Gasteiger partial charge on any atom is -0.258 e. The molecule has 0 N–H and O–H groups in total. The van der Waals surface area contributed by atoms with E-state index < -0.39 is 0 Å². The molecule has 0 amide bonds. The molecule has 0 bridgehead atoms. The van der Waals surface area contributed by atoms with Crippen molar-refractivity contribution in [3.8, 4) is 0 Å². The molecule has 0 aliphatic carbocycles. The predicted molar refractivity (Wildman–Crippen MR) is 90.8 cm³/mol. The minimum atomic E-state index is -0.142. The van der Waals surface area contributed by atoms with Crippen molar-refractivity contribution < 1.29 is 0 Å². The van der Waals surface area contributed by atoms with E-state index in [1.54, 1.807) is 8.80 Å². The monoisotopic (exact) mass is 326 g/mol. The summed E-state index contributed by atoms with van der Waals surface area (Å²) in [5.41, 5.74) is 2.81. The van der Waals surface area contributed by atoms with E-state index in [2.05, 4.69) is 0 Å². The second-order valence-electron chi connectivity index (χ2n) is 5.31. The predicted octanol–water partition coefficient (Wildman–Crippen LogP) is 4.60. The Bertz CT molecular complexity index is 1170. The van der Waals surface area contributed by atoms with Gasteiger partial charge in [0.25, 0.3) is 0 Å². The molecule has 5 heteroatoms. The number of imidazole rings is 1. The second kappa shape index (κ2) is 3.94. The highest BCUT2D eigenvalue weighted by Gasteiger charge is 2.23. The van der Waals surface area contributed by atoms with E-state index in [0.29, 0.717) is 21.1 Å². The van der Waals surface area contributed by atoms with Crippen molar-refractivity contribution in [2.24, 2.45) is 0 Å². The summed E-state index contributed by atoms with van der Waals surface area (Å²) < 4.78 is 3.29. The van der Waals surface area contributed by atoms with Crippen LogP contribution in [-0.2, 0) is 0 Å². The van der Waals surface area contributed by atoms with Gasteiger partial charge >= 0.3 is 5.69 Å². The summed E-state index contributed by atoms with van der Waals surface area (Å²) in [4.78, 5) is 13.0. The summed E-state index contributed by atoms with van der Waals surface area (Å²) >= 11 is 13.1. The molecule has 0 atom stereocenters. The van der Waals surface area contributed by atoms with Crippen LogP contribution >= 0.6 is 23.2 Å². The van der Waals surface area contributed by atoms with Crippen LogP contribution in [0, 0.1) is 0 Å². The Hall–Kier alpha value is -2.23. The summed E-state index contributed by atoms with van der Waals surface area (Å²) in [7, 11) is 0. The molecule has 5 rings (SSSR count). The maximum absolute atomic E-state index is 13.0. The molecular formula is C17H8Cl2N2O. The molecular weight excluding hydrogens is 319 g/mol. The molecule has 0 aliphatic heterocycles. The van der Waals surface area contributed by atoms with Crippen LogP contribution in [0.15, 0.2) is 53.3 Å². The van der Waals surface area contributed by atoms with E-state index in [0.717, 1.165) is 21.8 Å². The summed E-state index contributed by atoms with van der Waals surface area (Å²) in [6.45, 7) is 0. The van der Waals surface area contributed by atoms with Crippen molar-refractivity contribution >= 4 is 56.0 Å². The van der Waals surface area contributed by atoms with E-state index in [4.69, 9.17) is 23.2 Å². The summed E-state index contributed by atoms with van der Waals surface area (Å²) in [5.74, 6) is 0. The Morgan fingerprint density at radius 2 is 1.09 bits per heavy atom.